The summed E-state index contributed by atoms with van der Waals surface area (Å²) in [4.78, 5) is 27.4. The molecular formula is C25H29Cl2NO5S. The molecule has 0 bridgehead atoms. The van der Waals surface area contributed by atoms with E-state index in [1.54, 1.807) is 30.0 Å². The van der Waals surface area contributed by atoms with Gasteiger partial charge in [0.2, 0.25) is 5.91 Å². The standard InChI is InChI=1S/C25H29Cl2NO5S/c1-4-20(15-34(3,32)33)28-23(16-8-10-18(26)11-9-16)21(17-6-5-7-19(27)12-17)13-25(2,24(28)31)14-22(29)30/h5-12,20-21,23H,4,13-15H2,1-3H3,(H,29,30)/t20?,21?,23-,25-/m1/s1. The molecule has 0 saturated carbocycles. The lowest BCUT2D eigenvalue weighted by atomic mass is 9.67. The van der Waals surface area contributed by atoms with Crippen molar-refractivity contribution in [1.29, 1.82) is 0 Å². The molecule has 1 saturated heterocycles. The van der Waals surface area contributed by atoms with Gasteiger partial charge in [-0.25, -0.2) is 8.42 Å². The van der Waals surface area contributed by atoms with Crippen molar-refractivity contribution in [2.75, 3.05) is 12.0 Å². The number of hydrogen-bond acceptors (Lipinski definition) is 4. The highest BCUT2D eigenvalue weighted by Gasteiger charge is 2.52. The Hall–Kier alpha value is -2.09. The minimum atomic E-state index is -3.42. The van der Waals surface area contributed by atoms with Crippen LogP contribution in [0.2, 0.25) is 10.0 Å². The smallest absolute Gasteiger partial charge is 0.304 e. The second-order valence-electron chi connectivity index (χ2n) is 9.36. The minimum Gasteiger partial charge on any atom is -0.481 e. The fourth-order valence-electron chi connectivity index (χ4n) is 5.03. The van der Waals surface area contributed by atoms with Crippen molar-refractivity contribution in [3.05, 3.63) is 69.7 Å². The van der Waals surface area contributed by atoms with Crippen LogP contribution in [0.15, 0.2) is 48.5 Å². The number of halogens is 2. The summed E-state index contributed by atoms with van der Waals surface area (Å²) in [6.45, 7) is 3.48. The summed E-state index contributed by atoms with van der Waals surface area (Å²) < 4.78 is 24.6. The molecule has 1 N–H and O–H groups in total. The van der Waals surface area contributed by atoms with E-state index in [4.69, 9.17) is 23.2 Å². The number of carboxylic acids is 1. The van der Waals surface area contributed by atoms with E-state index in [9.17, 15) is 23.1 Å². The molecule has 2 aromatic rings. The molecule has 34 heavy (non-hydrogen) atoms. The summed E-state index contributed by atoms with van der Waals surface area (Å²) in [5.74, 6) is -1.97. The first-order chi connectivity index (χ1) is 15.8. The lowest BCUT2D eigenvalue weighted by Crippen LogP contribution is -2.57. The van der Waals surface area contributed by atoms with Gasteiger partial charge in [-0.2, -0.15) is 0 Å². The van der Waals surface area contributed by atoms with Crippen molar-refractivity contribution in [2.24, 2.45) is 5.41 Å². The molecular weight excluding hydrogens is 497 g/mol. The Bertz CT molecular complexity index is 1170. The Morgan fingerprint density at radius 3 is 2.32 bits per heavy atom. The number of rotatable bonds is 8. The Kier molecular flexibility index (Phi) is 8.00. The van der Waals surface area contributed by atoms with Gasteiger partial charge in [-0.05, 0) is 48.2 Å². The van der Waals surface area contributed by atoms with Crippen LogP contribution in [0.3, 0.4) is 0 Å². The summed E-state index contributed by atoms with van der Waals surface area (Å²) in [6.07, 6.45) is 1.46. The zero-order chi connectivity index (χ0) is 25.3. The molecule has 0 radical (unpaired) electrons. The summed E-state index contributed by atoms with van der Waals surface area (Å²) in [5.41, 5.74) is 0.440. The first-order valence-corrected chi connectivity index (χ1v) is 13.9. The number of amides is 1. The van der Waals surface area contributed by atoms with Crippen molar-refractivity contribution in [1.82, 2.24) is 4.90 Å². The molecule has 184 valence electrons. The van der Waals surface area contributed by atoms with E-state index in [1.807, 2.05) is 37.3 Å². The molecule has 4 atom stereocenters. The topological polar surface area (TPSA) is 91.8 Å². The zero-order valence-corrected chi connectivity index (χ0v) is 21.7. The maximum atomic E-state index is 14.0. The van der Waals surface area contributed by atoms with Gasteiger partial charge in [-0.1, -0.05) is 61.3 Å². The SMILES string of the molecule is CCC(CS(C)(=O)=O)N1C(=O)[C@@](C)(CC(=O)O)CC(c2cccc(Cl)c2)[C@H]1c1ccc(Cl)cc1. The van der Waals surface area contributed by atoms with Crippen molar-refractivity contribution < 1.29 is 23.1 Å². The monoisotopic (exact) mass is 525 g/mol. The number of benzene rings is 2. The predicted molar refractivity (Wildman–Crippen MR) is 134 cm³/mol. The molecule has 9 heteroatoms. The quantitative estimate of drug-likeness (QED) is 0.501. The van der Waals surface area contributed by atoms with E-state index >= 15 is 0 Å². The van der Waals surface area contributed by atoms with Gasteiger partial charge in [0.15, 0.2) is 0 Å². The van der Waals surface area contributed by atoms with Crippen molar-refractivity contribution in [3.63, 3.8) is 0 Å². The van der Waals surface area contributed by atoms with E-state index in [1.165, 1.54) is 0 Å². The number of aliphatic carboxylic acids is 1. The summed E-state index contributed by atoms with van der Waals surface area (Å²) >= 11 is 12.4. The van der Waals surface area contributed by atoms with E-state index < -0.39 is 33.3 Å². The number of nitrogens with zero attached hydrogens (tertiary/aromatic N) is 1. The molecule has 6 nitrogen and oxygen atoms in total. The fourth-order valence-corrected chi connectivity index (χ4v) is 6.45. The first-order valence-electron chi connectivity index (χ1n) is 11.1. The third kappa shape index (κ3) is 5.93. The molecule has 1 fully saturated rings. The number of piperidine rings is 1. The van der Waals surface area contributed by atoms with E-state index in [0.717, 1.165) is 17.4 Å². The highest BCUT2D eigenvalue weighted by Crippen LogP contribution is 2.52. The van der Waals surface area contributed by atoms with Crippen LogP contribution in [0.5, 0.6) is 0 Å². The molecule has 1 heterocycles. The van der Waals surface area contributed by atoms with Crippen LogP contribution in [0.4, 0.5) is 0 Å². The van der Waals surface area contributed by atoms with Gasteiger partial charge in [0.25, 0.3) is 0 Å². The van der Waals surface area contributed by atoms with Crippen molar-refractivity contribution in [3.8, 4) is 0 Å². The molecule has 0 aliphatic carbocycles. The number of sulfone groups is 1. The maximum absolute atomic E-state index is 14.0. The van der Waals surface area contributed by atoms with Gasteiger partial charge < -0.3 is 10.0 Å². The normalized spacial score (nSPS) is 24.1. The average molecular weight is 526 g/mol. The molecule has 2 aromatic carbocycles. The van der Waals surface area contributed by atoms with Crippen molar-refractivity contribution >= 4 is 44.9 Å². The predicted octanol–water partition coefficient (Wildman–Crippen LogP) is 5.35. The zero-order valence-electron chi connectivity index (χ0n) is 19.4. The van der Waals surface area contributed by atoms with Gasteiger partial charge in [0.05, 0.1) is 23.6 Å². The summed E-state index contributed by atoms with van der Waals surface area (Å²) in [5, 5.41) is 10.7. The van der Waals surface area contributed by atoms with Crippen LogP contribution in [0.25, 0.3) is 0 Å². The average Bonchev–Trinajstić information content (AvgIpc) is 2.73. The van der Waals surface area contributed by atoms with Crippen LogP contribution in [0.1, 0.15) is 56.2 Å². The van der Waals surface area contributed by atoms with E-state index in [-0.39, 0.29) is 30.4 Å². The van der Waals surface area contributed by atoms with E-state index in [0.29, 0.717) is 16.5 Å². The van der Waals surface area contributed by atoms with Crippen molar-refractivity contribution in [2.45, 2.75) is 51.1 Å². The first kappa shape index (κ1) is 26.5. The van der Waals surface area contributed by atoms with E-state index in [2.05, 4.69) is 0 Å². The lowest BCUT2D eigenvalue weighted by Gasteiger charge is -2.51. The Balaban J connectivity index is 2.26. The Morgan fingerprint density at radius 1 is 1.15 bits per heavy atom. The Labute approximate surface area is 210 Å². The van der Waals surface area contributed by atoms with Crippen LogP contribution < -0.4 is 0 Å². The van der Waals surface area contributed by atoms with Gasteiger partial charge in [-0.3, -0.25) is 9.59 Å². The van der Waals surface area contributed by atoms with Crippen LogP contribution in [-0.2, 0) is 19.4 Å². The largest absolute Gasteiger partial charge is 0.481 e. The summed E-state index contributed by atoms with van der Waals surface area (Å²) in [6, 6.07) is 13.3. The Morgan fingerprint density at radius 2 is 1.79 bits per heavy atom. The molecule has 1 aliphatic heterocycles. The van der Waals surface area contributed by atoms with Crippen LogP contribution >= 0.6 is 23.2 Å². The molecule has 0 aromatic heterocycles. The third-order valence-electron chi connectivity index (χ3n) is 6.49. The molecule has 0 spiro atoms. The second kappa shape index (κ2) is 10.3. The number of carbonyl (C=O) groups excluding carboxylic acids is 1. The van der Waals surface area contributed by atoms with Gasteiger partial charge in [0.1, 0.15) is 9.84 Å². The lowest BCUT2D eigenvalue weighted by molar-refractivity contribution is -0.160. The highest BCUT2D eigenvalue weighted by molar-refractivity contribution is 7.90. The molecule has 2 unspecified atom stereocenters. The fraction of sp³-hybridized carbons (Fsp3) is 0.440. The van der Waals surface area contributed by atoms with Gasteiger partial charge in [0, 0.05) is 28.3 Å². The molecule has 1 amide bonds. The second-order valence-corrected chi connectivity index (χ2v) is 12.4. The number of carboxylic acid groups (broad SMARTS) is 1. The van der Waals surface area contributed by atoms with Crippen LogP contribution in [0, 0.1) is 5.41 Å². The van der Waals surface area contributed by atoms with Gasteiger partial charge >= 0.3 is 5.97 Å². The third-order valence-corrected chi connectivity index (χ3v) is 7.97. The molecule has 3 rings (SSSR count). The minimum absolute atomic E-state index is 0.218. The number of likely N-dealkylation sites (tertiary alicyclic amines) is 1. The molecule has 1 aliphatic rings. The number of carbonyl (C=O) groups is 2. The highest BCUT2D eigenvalue weighted by atomic mass is 35.5. The summed E-state index contributed by atoms with van der Waals surface area (Å²) in [7, 11) is -3.42. The number of hydrogen-bond donors (Lipinski definition) is 1. The van der Waals surface area contributed by atoms with Crippen LogP contribution in [-0.4, -0.2) is 48.4 Å². The van der Waals surface area contributed by atoms with Gasteiger partial charge in [-0.15, -0.1) is 0 Å². The maximum Gasteiger partial charge on any atom is 0.304 e.